The zero-order valence-electron chi connectivity index (χ0n) is 8.75. The molecule has 1 aliphatic rings. The van der Waals surface area contributed by atoms with Crippen LogP contribution in [0.5, 0.6) is 0 Å². The highest BCUT2D eigenvalue weighted by Crippen LogP contribution is 2.16. The van der Waals surface area contributed by atoms with E-state index < -0.39 is 9.73 Å². The van der Waals surface area contributed by atoms with E-state index in [1.807, 2.05) is 0 Å². The second-order valence-electron chi connectivity index (χ2n) is 4.11. The normalized spacial score (nSPS) is 30.1. The molecule has 3 nitrogen and oxygen atoms in total. The standard InChI is InChI=1S/C9H20N2OS/c1-4-8-5-9(7-10-6-8)11-13(2,3)12/h8-10H,4-7H2,1-3H3. The lowest BCUT2D eigenvalue weighted by molar-refractivity contribution is 0.336. The van der Waals surface area contributed by atoms with Crippen molar-refractivity contribution in [2.45, 2.75) is 25.8 Å². The van der Waals surface area contributed by atoms with E-state index >= 15 is 0 Å². The number of rotatable bonds is 2. The maximum Gasteiger partial charge on any atom is 0.0721 e. The Morgan fingerprint density at radius 2 is 2.15 bits per heavy atom. The lowest BCUT2D eigenvalue weighted by Gasteiger charge is -2.26. The summed E-state index contributed by atoms with van der Waals surface area (Å²) >= 11 is 0. The van der Waals surface area contributed by atoms with Crippen LogP contribution >= 0.6 is 0 Å². The van der Waals surface area contributed by atoms with E-state index in [1.165, 1.54) is 6.42 Å². The fraction of sp³-hybridized carbons (Fsp3) is 1.00. The summed E-state index contributed by atoms with van der Waals surface area (Å²) in [5.41, 5.74) is 0. The highest BCUT2D eigenvalue weighted by molar-refractivity contribution is 7.92. The second-order valence-corrected chi connectivity index (χ2v) is 6.68. The average Bonchev–Trinajstić information content (AvgIpc) is 2.01. The Labute approximate surface area is 81.5 Å². The molecule has 78 valence electrons. The van der Waals surface area contributed by atoms with Gasteiger partial charge < -0.3 is 5.32 Å². The fourth-order valence-corrected chi connectivity index (χ4v) is 2.63. The minimum Gasteiger partial charge on any atom is -0.314 e. The molecule has 0 aromatic heterocycles. The monoisotopic (exact) mass is 204 g/mol. The largest absolute Gasteiger partial charge is 0.314 e. The Bertz CT molecular complexity index is 261. The van der Waals surface area contributed by atoms with Gasteiger partial charge in [0.25, 0.3) is 0 Å². The molecule has 1 fully saturated rings. The predicted octanol–water partition coefficient (Wildman–Crippen LogP) is 1.10. The minimum absolute atomic E-state index is 0.265. The molecule has 0 spiro atoms. The summed E-state index contributed by atoms with van der Waals surface area (Å²) in [5, 5.41) is 3.34. The van der Waals surface area contributed by atoms with Gasteiger partial charge in [-0.25, -0.2) is 4.36 Å². The number of piperidine rings is 1. The van der Waals surface area contributed by atoms with Crippen LogP contribution in [0.2, 0.25) is 0 Å². The van der Waals surface area contributed by atoms with E-state index in [2.05, 4.69) is 16.6 Å². The molecule has 0 aromatic rings. The molecule has 2 unspecified atom stereocenters. The summed E-state index contributed by atoms with van der Waals surface area (Å²) in [6, 6.07) is 0.265. The zero-order valence-corrected chi connectivity index (χ0v) is 9.56. The molecule has 2 atom stereocenters. The Hall–Kier alpha value is -0.0900. The van der Waals surface area contributed by atoms with Gasteiger partial charge in [0.1, 0.15) is 0 Å². The van der Waals surface area contributed by atoms with Crippen LogP contribution < -0.4 is 5.32 Å². The second kappa shape index (κ2) is 4.42. The summed E-state index contributed by atoms with van der Waals surface area (Å²) in [6.07, 6.45) is 5.71. The Morgan fingerprint density at radius 3 is 2.69 bits per heavy atom. The zero-order chi connectivity index (χ0) is 9.90. The molecule has 1 saturated heterocycles. The quantitative estimate of drug-likeness (QED) is 0.732. The predicted molar refractivity (Wildman–Crippen MR) is 57.5 cm³/mol. The Kier molecular flexibility index (Phi) is 3.74. The van der Waals surface area contributed by atoms with Crippen LogP contribution in [0.4, 0.5) is 0 Å². The molecular formula is C9H20N2OS. The topological polar surface area (TPSA) is 41.5 Å². The van der Waals surface area contributed by atoms with E-state index in [-0.39, 0.29) is 6.04 Å². The molecule has 1 N–H and O–H groups in total. The van der Waals surface area contributed by atoms with Gasteiger partial charge in [0.15, 0.2) is 0 Å². The molecule has 1 heterocycles. The van der Waals surface area contributed by atoms with Crippen molar-refractivity contribution in [1.29, 1.82) is 0 Å². The summed E-state index contributed by atoms with van der Waals surface area (Å²) in [5.74, 6) is 0.712. The molecule has 0 aliphatic carbocycles. The Balaban J connectivity index is 2.58. The molecule has 0 saturated carbocycles. The van der Waals surface area contributed by atoms with Crippen molar-refractivity contribution >= 4 is 9.73 Å². The summed E-state index contributed by atoms with van der Waals surface area (Å²) in [7, 11) is -1.92. The van der Waals surface area contributed by atoms with Gasteiger partial charge in [0.2, 0.25) is 0 Å². The van der Waals surface area contributed by atoms with Crippen LogP contribution in [0.3, 0.4) is 0 Å². The van der Waals surface area contributed by atoms with Gasteiger partial charge in [-0.15, -0.1) is 0 Å². The van der Waals surface area contributed by atoms with Crippen LogP contribution in [0.15, 0.2) is 4.36 Å². The minimum atomic E-state index is -1.92. The van der Waals surface area contributed by atoms with Crippen molar-refractivity contribution in [1.82, 2.24) is 5.32 Å². The van der Waals surface area contributed by atoms with Crippen molar-refractivity contribution in [3.63, 3.8) is 0 Å². The van der Waals surface area contributed by atoms with Crippen molar-refractivity contribution in [3.05, 3.63) is 0 Å². The highest BCUT2D eigenvalue weighted by atomic mass is 32.2. The van der Waals surface area contributed by atoms with Crippen LogP contribution in [0, 0.1) is 5.92 Å². The van der Waals surface area contributed by atoms with E-state index in [4.69, 9.17) is 0 Å². The first kappa shape index (κ1) is 11.0. The third kappa shape index (κ3) is 4.09. The van der Waals surface area contributed by atoms with Crippen LogP contribution in [0.25, 0.3) is 0 Å². The number of hydrogen-bond acceptors (Lipinski definition) is 3. The van der Waals surface area contributed by atoms with Crippen molar-refractivity contribution in [2.24, 2.45) is 10.3 Å². The van der Waals surface area contributed by atoms with E-state index in [0.29, 0.717) is 5.92 Å². The van der Waals surface area contributed by atoms with Gasteiger partial charge in [-0.1, -0.05) is 13.3 Å². The molecule has 0 radical (unpaired) electrons. The molecule has 0 amide bonds. The third-order valence-electron chi connectivity index (χ3n) is 2.40. The maximum absolute atomic E-state index is 11.5. The highest BCUT2D eigenvalue weighted by Gasteiger charge is 2.20. The van der Waals surface area contributed by atoms with E-state index in [9.17, 15) is 4.21 Å². The van der Waals surface area contributed by atoms with Crippen molar-refractivity contribution in [2.75, 3.05) is 25.6 Å². The number of nitrogens with one attached hydrogen (secondary N) is 1. The molecule has 1 aliphatic heterocycles. The first-order valence-corrected chi connectivity index (χ1v) is 7.21. The summed E-state index contributed by atoms with van der Waals surface area (Å²) in [6.45, 7) is 4.19. The molecule has 0 bridgehead atoms. The fourth-order valence-electron chi connectivity index (χ4n) is 1.76. The molecule has 1 rings (SSSR count). The maximum atomic E-state index is 11.5. The van der Waals surface area contributed by atoms with Crippen molar-refractivity contribution < 1.29 is 4.21 Å². The summed E-state index contributed by atoms with van der Waals surface area (Å²) in [4.78, 5) is 0. The van der Waals surface area contributed by atoms with Gasteiger partial charge >= 0.3 is 0 Å². The van der Waals surface area contributed by atoms with Gasteiger partial charge in [-0.3, -0.25) is 4.21 Å². The number of nitrogens with zero attached hydrogens (tertiary/aromatic N) is 1. The van der Waals surface area contributed by atoms with Gasteiger partial charge in [0.05, 0.1) is 6.04 Å². The van der Waals surface area contributed by atoms with Gasteiger partial charge in [-0.05, 0) is 18.9 Å². The smallest absolute Gasteiger partial charge is 0.0721 e. The van der Waals surface area contributed by atoms with Gasteiger partial charge in [-0.2, -0.15) is 0 Å². The Morgan fingerprint density at radius 1 is 1.46 bits per heavy atom. The molecule has 13 heavy (non-hydrogen) atoms. The third-order valence-corrected chi connectivity index (χ3v) is 3.20. The SMILES string of the molecule is CCC1CNCC(N=S(C)(C)=O)C1. The first-order chi connectivity index (χ1) is 6.01. The van der Waals surface area contributed by atoms with Crippen LogP contribution in [0.1, 0.15) is 19.8 Å². The number of hydrogen-bond donors (Lipinski definition) is 1. The van der Waals surface area contributed by atoms with Crippen molar-refractivity contribution in [3.8, 4) is 0 Å². The van der Waals surface area contributed by atoms with Gasteiger partial charge in [0, 0.05) is 28.8 Å². The lowest BCUT2D eigenvalue weighted by Crippen LogP contribution is -2.38. The van der Waals surface area contributed by atoms with Crippen LogP contribution in [-0.4, -0.2) is 35.9 Å². The molecule has 0 aromatic carbocycles. The average molecular weight is 204 g/mol. The molecular weight excluding hydrogens is 184 g/mol. The van der Waals surface area contributed by atoms with E-state index in [0.717, 1.165) is 19.5 Å². The molecule has 4 heteroatoms. The lowest BCUT2D eigenvalue weighted by atomic mass is 9.94. The summed E-state index contributed by atoms with van der Waals surface area (Å²) < 4.78 is 15.8. The van der Waals surface area contributed by atoms with Crippen LogP contribution in [-0.2, 0) is 9.73 Å². The van der Waals surface area contributed by atoms with E-state index in [1.54, 1.807) is 12.5 Å². The first-order valence-electron chi connectivity index (χ1n) is 4.88.